The number of phenols is 2. The summed E-state index contributed by atoms with van der Waals surface area (Å²) in [4.78, 5) is 14.1. The number of hydrogen-bond donors (Lipinski definition) is 4. The molecule has 0 spiro atoms. The van der Waals surface area contributed by atoms with Gasteiger partial charge < -0.3 is 35.3 Å². The Morgan fingerprint density at radius 2 is 2.04 bits per heavy atom. The quantitative estimate of drug-likeness (QED) is 0.575. The third-order valence-corrected chi connectivity index (χ3v) is 5.04. The Labute approximate surface area is 162 Å². The van der Waals surface area contributed by atoms with Crippen molar-refractivity contribution in [1.82, 2.24) is 4.90 Å². The lowest BCUT2D eigenvalue weighted by Crippen LogP contribution is -2.58. The highest BCUT2D eigenvalue weighted by Gasteiger charge is 2.36. The molecule has 2 aromatic rings. The molecule has 0 radical (unpaired) electrons. The lowest BCUT2D eigenvalue weighted by atomic mass is 9.79. The van der Waals surface area contributed by atoms with Gasteiger partial charge in [0.25, 0.3) is 0 Å². The Bertz CT molecular complexity index is 902. The van der Waals surface area contributed by atoms with Crippen LogP contribution in [0, 0.1) is 0 Å². The fourth-order valence-electron chi connectivity index (χ4n) is 3.42. The molecule has 146 valence electrons. The van der Waals surface area contributed by atoms with Crippen LogP contribution in [0.2, 0.25) is 6.32 Å². The van der Waals surface area contributed by atoms with E-state index in [9.17, 15) is 20.0 Å². The molecule has 9 heteroatoms. The maximum atomic E-state index is 12.5. The SMILES string of the molecule is NC(C(=O)N1CC(Oc2ccc3c(c2)OB(O)CC3)C1)c1ccc(O)cc1O. The van der Waals surface area contributed by atoms with E-state index in [2.05, 4.69) is 0 Å². The summed E-state index contributed by atoms with van der Waals surface area (Å²) in [7, 11) is -0.794. The summed E-state index contributed by atoms with van der Waals surface area (Å²) in [5.41, 5.74) is 7.27. The normalized spacial score (nSPS) is 17.4. The number of amides is 1. The van der Waals surface area contributed by atoms with Crippen molar-refractivity contribution >= 4 is 13.0 Å². The van der Waals surface area contributed by atoms with Gasteiger partial charge in [0.15, 0.2) is 0 Å². The van der Waals surface area contributed by atoms with Gasteiger partial charge in [-0.1, -0.05) is 6.07 Å². The summed E-state index contributed by atoms with van der Waals surface area (Å²) in [6.45, 7) is 0.762. The number of aromatic hydroxyl groups is 2. The number of aryl methyl sites for hydroxylation is 1. The van der Waals surface area contributed by atoms with Crippen molar-refractivity contribution in [2.45, 2.75) is 24.9 Å². The molecule has 2 aromatic carbocycles. The van der Waals surface area contributed by atoms with Gasteiger partial charge in [0.1, 0.15) is 35.1 Å². The highest BCUT2D eigenvalue weighted by Crippen LogP contribution is 2.32. The number of fused-ring (bicyclic) bond motifs is 1. The second kappa shape index (κ2) is 7.25. The number of nitrogens with zero attached hydrogens (tertiary/aromatic N) is 1. The predicted octanol–water partition coefficient (Wildman–Crippen LogP) is 0.803. The minimum atomic E-state index is -1.01. The standard InChI is InChI=1S/C19H21BN2O6/c21-18(15-4-2-12(23)7-16(15)24)19(25)22-9-14(10-22)27-13-3-1-11-5-6-20(26)28-17(11)8-13/h1-4,7-8,14,18,23-24,26H,5-6,9-10,21H2. The van der Waals surface area contributed by atoms with Crippen LogP contribution in [-0.2, 0) is 11.2 Å². The fraction of sp³-hybridized carbons (Fsp3) is 0.316. The van der Waals surface area contributed by atoms with Gasteiger partial charge in [0.2, 0.25) is 5.91 Å². The highest BCUT2D eigenvalue weighted by atomic mass is 16.5. The van der Waals surface area contributed by atoms with Gasteiger partial charge in [-0.15, -0.1) is 0 Å². The molecule has 1 unspecified atom stereocenters. The van der Waals surface area contributed by atoms with Gasteiger partial charge in [-0.25, -0.2) is 0 Å². The van der Waals surface area contributed by atoms with Crippen LogP contribution in [0.1, 0.15) is 17.2 Å². The van der Waals surface area contributed by atoms with Crippen LogP contribution >= 0.6 is 0 Å². The van der Waals surface area contributed by atoms with Crippen molar-refractivity contribution < 1.29 is 29.4 Å². The number of benzene rings is 2. The van der Waals surface area contributed by atoms with Gasteiger partial charge in [-0.2, -0.15) is 0 Å². The number of phenolic OH excluding ortho intramolecular Hbond substituents is 2. The molecule has 8 nitrogen and oxygen atoms in total. The van der Waals surface area contributed by atoms with Crippen molar-refractivity contribution in [1.29, 1.82) is 0 Å². The number of hydrogen-bond acceptors (Lipinski definition) is 7. The first-order valence-electron chi connectivity index (χ1n) is 9.11. The Morgan fingerprint density at radius 1 is 1.25 bits per heavy atom. The Morgan fingerprint density at radius 3 is 2.79 bits per heavy atom. The number of carbonyl (C=O) groups excluding carboxylic acids is 1. The summed E-state index contributed by atoms with van der Waals surface area (Å²) in [5.74, 6) is 0.599. The van der Waals surface area contributed by atoms with Crippen molar-refractivity contribution in [2.75, 3.05) is 13.1 Å². The second-order valence-corrected chi connectivity index (χ2v) is 7.08. The average Bonchev–Trinajstić information content (AvgIpc) is 2.63. The summed E-state index contributed by atoms with van der Waals surface area (Å²) in [5, 5.41) is 28.8. The predicted molar refractivity (Wildman–Crippen MR) is 101 cm³/mol. The molecule has 2 aliphatic rings. The van der Waals surface area contributed by atoms with Crippen LogP contribution < -0.4 is 15.1 Å². The third-order valence-electron chi connectivity index (χ3n) is 5.04. The molecule has 2 aliphatic heterocycles. The van der Waals surface area contributed by atoms with Crippen LogP contribution in [0.25, 0.3) is 0 Å². The van der Waals surface area contributed by atoms with Crippen LogP contribution in [0.4, 0.5) is 0 Å². The van der Waals surface area contributed by atoms with Gasteiger partial charge >= 0.3 is 7.12 Å². The summed E-state index contributed by atoms with van der Waals surface area (Å²) in [6, 6.07) is 8.47. The minimum Gasteiger partial charge on any atom is -0.536 e. The van der Waals surface area contributed by atoms with Gasteiger partial charge in [0.05, 0.1) is 13.1 Å². The van der Waals surface area contributed by atoms with Crippen molar-refractivity contribution in [2.24, 2.45) is 5.73 Å². The molecule has 1 amide bonds. The van der Waals surface area contributed by atoms with E-state index in [-0.39, 0.29) is 29.1 Å². The molecule has 2 heterocycles. The Kier molecular flexibility index (Phi) is 4.78. The zero-order chi connectivity index (χ0) is 19.8. The van der Waals surface area contributed by atoms with E-state index in [0.29, 0.717) is 30.9 Å². The highest BCUT2D eigenvalue weighted by molar-refractivity contribution is 6.44. The van der Waals surface area contributed by atoms with Crippen LogP contribution in [0.3, 0.4) is 0 Å². The number of likely N-dealkylation sites (tertiary alicyclic amines) is 1. The zero-order valence-electron chi connectivity index (χ0n) is 15.1. The first-order valence-corrected chi connectivity index (χ1v) is 9.11. The summed E-state index contributed by atoms with van der Waals surface area (Å²) >= 11 is 0. The molecular weight excluding hydrogens is 363 g/mol. The van der Waals surface area contributed by atoms with E-state index in [1.54, 1.807) is 11.0 Å². The van der Waals surface area contributed by atoms with E-state index in [1.165, 1.54) is 12.1 Å². The van der Waals surface area contributed by atoms with E-state index in [0.717, 1.165) is 18.1 Å². The second-order valence-electron chi connectivity index (χ2n) is 7.08. The molecule has 0 bridgehead atoms. The van der Waals surface area contributed by atoms with Gasteiger partial charge in [-0.3, -0.25) is 4.79 Å². The van der Waals surface area contributed by atoms with Crippen molar-refractivity contribution in [3.8, 4) is 23.0 Å². The lowest BCUT2D eigenvalue weighted by molar-refractivity contribution is -0.141. The lowest BCUT2D eigenvalue weighted by Gasteiger charge is -2.40. The molecule has 1 fully saturated rings. The molecule has 1 atom stereocenters. The average molecular weight is 384 g/mol. The molecule has 0 saturated carbocycles. The Hall–Kier alpha value is -2.91. The maximum absolute atomic E-state index is 12.5. The van der Waals surface area contributed by atoms with E-state index in [4.69, 9.17) is 15.1 Å². The topological polar surface area (TPSA) is 125 Å². The van der Waals surface area contributed by atoms with Crippen LogP contribution in [-0.4, -0.2) is 52.4 Å². The number of ether oxygens (including phenoxy) is 1. The number of nitrogens with two attached hydrogens (primary N) is 1. The van der Waals surface area contributed by atoms with Crippen LogP contribution in [0.15, 0.2) is 36.4 Å². The molecule has 0 aliphatic carbocycles. The van der Waals surface area contributed by atoms with Crippen LogP contribution in [0.5, 0.6) is 23.0 Å². The Balaban J connectivity index is 1.34. The summed E-state index contributed by atoms with van der Waals surface area (Å²) < 4.78 is 11.3. The largest absolute Gasteiger partial charge is 0.536 e. The molecule has 5 N–H and O–H groups in total. The van der Waals surface area contributed by atoms with Crippen molar-refractivity contribution in [3.05, 3.63) is 47.5 Å². The minimum absolute atomic E-state index is 0.0974. The van der Waals surface area contributed by atoms with Gasteiger partial charge in [-0.05, 0) is 36.5 Å². The fourth-order valence-corrected chi connectivity index (χ4v) is 3.42. The molecular formula is C19H21BN2O6. The molecule has 28 heavy (non-hydrogen) atoms. The third kappa shape index (κ3) is 3.58. The van der Waals surface area contributed by atoms with E-state index >= 15 is 0 Å². The number of carbonyl (C=O) groups is 1. The number of rotatable bonds is 4. The van der Waals surface area contributed by atoms with E-state index < -0.39 is 13.2 Å². The maximum Gasteiger partial charge on any atom is 0.522 e. The molecule has 0 aromatic heterocycles. The van der Waals surface area contributed by atoms with Crippen molar-refractivity contribution in [3.63, 3.8) is 0 Å². The van der Waals surface area contributed by atoms with Gasteiger partial charge in [0, 0.05) is 17.7 Å². The first kappa shape index (κ1) is 18.5. The summed E-state index contributed by atoms with van der Waals surface area (Å²) in [6.07, 6.45) is 1.16. The molecule has 4 rings (SSSR count). The first-order chi connectivity index (χ1) is 13.4. The molecule has 1 saturated heterocycles. The zero-order valence-corrected chi connectivity index (χ0v) is 15.1. The monoisotopic (exact) mass is 384 g/mol. The van der Waals surface area contributed by atoms with E-state index in [1.807, 2.05) is 12.1 Å². The smallest absolute Gasteiger partial charge is 0.522 e.